The van der Waals surface area contributed by atoms with Crippen LogP contribution in [0.15, 0.2) is 0 Å². The maximum atomic E-state index is 12.1. The van der Waals surface area contributed by atoms with Gasteiger partial charge in [0.1, 0.15) is 12.1 Å². The summed E-state index contributed by atoms with van der Waals surface area (Å²) in [6, 6.07) is -0.399. The zero-order valence-electron chi connectivity index (χ0n) is 10.2. The highest BCUT2D eigenvalue weighted by Gasteiger charge is 2.41. The van der Waals surface area contributed by atoms with Gasteiger partial charge in [-0.05, 0) is 39.0 Å². The summed E-state index contributed by atoms with van der Waals surface area (Å²) in [6.07, 6.45) is 3.24. The summed E-state index contributed by atoms with van der Waals surface area (Å²) in [5, 5.41) is 2.71. The SMILES string of the molecule is CC1CCC(N2C(=O)C(C)NC(=O)C2C)C1. The van der Waals surface area contributed by atoms with E-state index in [2.05, 4.69) is 12.2 Å². The van der Waals surface area contributed by atoms with Gasteiger partial charge in [0.25, 0.3) is 0 Å². The van der Waals surface area contributed by atoms with Gasteiger partial charge in [-0.3, -0.25) is 9.59 Å². The normalized spacial score (nSPS) is 40.1. The van der Waals surface area contributed by atoms with Crippen molar-refractivity contribution in [3.05, 3.63) is 0 Å². The van der Waals surface area contributed by atoms with Crippen LogP contribution in [0.5, 0.6) is 0 Å². The van der Waals surface area contributed by atoms with Crippen molar-refractivity contribution in [2.45, 2.75) is 58.2 Å². The summed E-state index contributed by atoms with van der Waals surface area (Å²) in [7, 11) is 0. The minimum atomic E-state index is -0.361. The first-order valence-electron chi connectivity index (χ1n) is 6.13. The second-order valence-electron chi connectivity index (χ2n) is 5.22. The van der Waals surface area contributed by atoms with Crippen LogP contribution in [0, 0.1) is 5.92 Å². The zero-order valence-corrected chi connectivity index (χ0v) is 10.2. The van der Waals surface area contributed by atoms with Crippen LogP contribution in [-0.4, -0.2) is 34.8 Å². The Morgan fingerprint density at radius 2 is 1.88 bits per heavy atom. The number of carbonyl (C=O) groups excluding carboxylic acids is 2. The van der Waals surface area contributed by atoms with Gasteiger partial charge < -0.3 is 10.2 Å². The van der Waals surface area contributed by atoms with Gasteiger partial charge in [0.15, 0.2) is 0 Å². The lowest BCUT2D eigenvalue weighted by Crippen LogP contribution is -2.63. The number of piperazine rings is 1. The lowest BCUT2D eigenvalue weighted by molar-refractivity contribution is -0.150. The van der Waals surface area contributed by atoms with Crippen LogP contribution in [0.1, 0.15) is 40.0 Å². The van der Waals surface area contributed by atoms with Gasteiger partial charge in [0.05, 0.1) is 0 Å². The molecule has 1 heterocycles. The van der Waals surface area contributed by atoms with Gasteiger partial charge in [0.2, 0.25) is 11.8 Å². The van der Waals surface area contributed by atoms with Gasteiger partial charge in [-0.25, -0.2) is 0 Å². The van der Waals surface area contributed by atoms with Crippen molar-refractivity contribution in [2.75, 3.05) is 0 Å². The smallest absolute Gasteiger partial charge is 0.245 e. The molecular weight excluding hydrogens is 204 g/mol. The Labute approximate surface area is 96.4 Å². The van der Waals surface area contributed by atoms with E-state index in [0.717, 1.165) is 19.3 Å². The topological polar surface area (TPSA) is 49.4 Å². The van der Waals surface area contributed by atoms with Gasteiger partial charge in [-0.1, -0.05) is 6.92 Å². The summed E-state index contributed by atoms with van der Waals surface area (Å²) in [5.74, 6) is 0.725. The molecule has 0 spiro atoms. The third-order valence-electron chi connectivity index (χ3n) is 3.84. The first kappa shape index (κ1) is 11.4. The third-order valence-corrected chi connectivity index (χ3v) is 3.84. The molecule has 2 amide bonds. The standard InChI is InChI=1S/C12H20N2O2/c1-7-4-5-10(6-7)14-9(3)11(15)13-8(2)12(14)16/h7-10H,4-6H2,1-3H3,(H,13,15). The van der Waals surface area contributed by atoms with Gasteiger partial charge in [0, 0.05) is 6.04 Å². The highest BCUT2D eigenvalue weighted by Crippen LogP contribution is 2.31. The van der Waals surface area contributed by atoms with Crippen LogP contribution in [0.2, 0.25) is 0 Å². The van der Waals surface area contributed by atoms with Crippen LogP contribution in [0.25, 0.3) is 0 Å². The molecule has 1 N–H and O–H groups in total. The predicted molar refractivity (Wildman–Crippen MR) is 60.7 cm³/mol. The molecule has 4 heteroatoms. The molecule has 2 aliphatic rings. The molecule has 1 aliphatic carbocycles. The minimum Gasteiger partial charge on any atom is -0.343 e. The van der Waals surface area contributed by atoms with Crippen molar-refractivity contribution in [3.8, 4) is 0 Å². The van der Waals surface area contributed by atoms with Crippen LogP contribution in [0.3, 0.4) is 0 Å². The minimum absolute atomic E-state index is 0.0216. The second-order valence-corrected chi connectivity index (χ2v) is 5.22. The Kier molecular flexibility index (Phi) is 2.91. The van der Waals surface area contributed by atoms with E-state index in [4.69, 9.17) is 0 Å². The molecule has 0 aromatic heterocycles. The van der Waals surface area contributed by atoms with Gasteiger partial charge in [-0.15, -0.1) is 0 Å². The monoisotopic (exact) mass is 224 g/mol. The number of nitrogens with zero attached hydrogens (tertiary/aromatic N) is 1. The summed E-state index contributed by atoms with van der Waals surface area (Å²) in [5.41, 5.74) is 0. The van der Waals surface area contributed by atoms with E-state index in [1.807, 2.05) is 11.8 Å². The van der Waals surface area contributed by atoms with E-state index in [0.29, 0.717) is 5.92 Å². The first-order valence-corrected chi connectivity index (χ1v) is 6.13. The molecule has 2 rings (SSSR count). The van der Waals surface area contributed by atoms with Crippen molar-refractivity contribution >= 4 is 11.8 Å². The average molecular weight is 224 g/mol. The molecule has 4 atom stereocenters. The van der Waals surface area contributed by atoms with Crippen molar-refractivity contribution in [2.24, 2.45) is 5.92 Å². The van der Waals surface area contributed by atoms with Crippen LogP contribution in [0.4, 0.5) is 0 Å². The zero-order chi connectivity index (χ0) is 11.9. The molecule has 90 valence electrons. The van der Waals surface area contributed by atoms with E-state index in [-0.39, 0.29) is 29.9 Å². The fourth-order valence-electron chi connectivity index (χ4n) is 2.86. The largest absolute Gasteiger partial charge is 0.343 e. The number of hydrogen-bond acceptors (Lipinski definition) is 2. The van der Waals surface area contributed by atoms with E-state index in [9.17, 15) is 9.59 Å². The maximum Gasteiger partial charge on any atom is 0.245 e. The lowest BCUT2D eigenvalue weighted by Gasteiger charge is -2.40. The van der Waals surface area contributed by atoms with Gasteiger partial charge in [-0.2, -0.15) is 0 Å². The van der Waals surface area contributed by atoms with Crippen LogP contribution >= 0.6 is 0 Å². The Bertz CT molecular complexity index is 316. The highest BCUT2D eigenvalue weighted by atomic mass is 16.2. The quantitative estimate of drug-likeness (QED) is 0.719. The molecule has 0 bridgehead atoms. The summed E-state index contributed by atoms with van der Waals surface area (Å²) < 4.78 is 0. The van der Waals surface area contributed by atoms with Crippen LogP contribution in [-0.2, 0) is 9.59 Å². The van der Waals surface area contributed by atoms with E-state index >= 15 is 0 Å². The Morgan fingerprint density at radius 1 is 1.19 bits per heavy atom. The van der Waals surface area contributed by atoms with E-state index < -0.39 is 0 Å². The Hall–Kier alpha value is -1.06. The highest BCUT2D eigenvalue weighted by molar-refractivity contribution is 5.96. The van der Waals surface area contributed by atoms with Crippen molar-refractivity contribution < 1.29 is 9.59 Å². The molecule has 2 fully saturated rings. The molecule has 1 saturated carbocycles. The number of carbonyl (C=O) groups is 2. The Balaban J connectivity index is 2.16. The number of amides is 2. The molecule has 0 aromatic carbocycles. The fourth-order valence-corrected chi connectivity index (χ4v) is 2.86. The molecule has 1 saturated heterocycles. The number of rotatable bonds is 1. The molecule has 4 nitrogen and oxygen atoms in total. The van der Waals surface area contributed by atoms with E-state index in [1.54, 1.807) is 6.92 Å². The fraction of sp³-hybridized carbons (Fsp3) is 0.833. The molecule has 16 heavy (non-hydrogen) atoms. The van der Waals surface area contributed by atoms with Crippen molar-refractivity contribution in [1.82, 2.24) is 10.2 Å². The summed E-state index contributed by atoms with van der Waals surface area (Å²) in [6.45, 7) is 5.79. The first-order chi connectivity index (χ1) is 7.50. The van der Waals surface area contributed by atoms with E-state index in [1.165, 1.54) is 0 Å². The maximum absolute atomic E-state index is 12.1. The summed E-state index contributed by atoms with van der Waals surface area (Å²) >= 11 is 0. The third kappa shape index (κ3) is 1.81. The molecular formula is C12H20N2O2. The average Bonchev–Trinajstić information content (AvgIpc) is 2.62. The Morgan fingerprint density at radius 3 is 2.44 bits per heavy atom. The molecule has 0 aromatic rings. The molecule has 0 radical (unpaired) electrons. The van der Waals surface area contributed by atoms with Crippen molar-refractivity contribution in [1.29, 1.82) is 0 Å². The van der Waals surface area contributed by atoms with Crippen LogP contribution < -0.4 is 5.32 Å². The van der Waals surface area contributed by atoms with Crippen molar-refractivity contribution in [3.63, 3.8) is 0 Å². The number of nitrogens with one attached hydrogen (secondary N) is 1. The molecule has 1 aliphatic heterocycles. The summed E-state index contributed by atoms with van der Waals surface area (Å²) in [4.78, 5) is 25.6. The van der Waals surface area contributed by atoms with Gasteiger partial charge >= 0.3 is 0 Å². The lowest BCUT2D eigenvalue weighted by atomic mass is 10.0. The predicted octanol–water partition coefficient (Wildman–Crippen LogP) is 0.910. The second kappa shape index (κ2) is 4.07. The number of hydrogen-bond donors (Lipinski definition) is 1. The molecule has 4 unspecified atom stereocenters.